The Morgan fingerprint density at radius 3 is 2.11 bits per heavy atom. The van der Waals surface area contributed by atoms with E-state index >= 15 is 0 Å². The molecule has 0 N–H and O–H groups in total. The molecule has 154 valence electrons. The Kier molecular flexibility index (Phi) is 10.4. The molecule has 0 aliphatic carbocycles. The van der Waals surface area contributed by atoms with Gasteiger partial charge in [0, 0.05) is 30.6 Å². The Morgan fingerprint density at radius 1 is 0.926 bits per heavy atom. The van der Waals surface area contributed by atoms with Gasteiger partial charge in [0.1, 0.15) is 0 Å². The molecule has 1 saturated heterocycles. The first-order chi connectivity index (χ1) is 13.3. The van der Waals surface area contributed by atoms with Crippen molar-refractivity contribution >= 4 is 0 Å². The summed E-state index contributed by atoms with van der Waals surface area (Å²) in [5.74, 6) is 0.364. The molecule has 1 fully saturated rings. The van der Waals surface area contributed by atoms with Gasteiger partial charge in [0.15, 0.2) is 5.79 Å². The van der Waals surface area contributed by atoms with Crippen molar-refractivity contribution in [2.75, 3.05) is 26.4 Å². The fraction of sp³-hybridized carbons (Fsp3) is 0.750. The van der Waals surface area contributed by atoms with Gasteiger partial charge >= 0.3 is 0 Å². The summed E-state index contributed by atoms with van der Waals surface area (Å²) >= 11 is 0. The van der Waals surface area contributed by atoms with Crippen LogP contribution in [0.3, 0.4) is 0 Å². The summed E-state index contributed by atoms with van der Waals surface area (Å²) in [4.78, 5) is 0. The van der Waals surface area contributed by atoms with Gasteiger partial charge in [-0.3, -0.25) is 0 Å². The lowest BCUT2D eigenvalue weighted by Gasteiger charge is -2.43. The van der Waals surface area contributed by atoms with E-state index in [1.165, 1.54) is 38.5 Å². The zero-order chi connectivity index (χ0) is 19.4. The molecule has 1 aromatic carbocycles. The topological polar surface area (TPSA) is 27.7 Å². The predicted molar refractivity (Wildman–Crippen MR) is 112 cm³/mol. The van der Waals surface area contributed by atoms with Crippen molar-refractivity contribution in [1.82, 2.24) is 0 Å². The van der Waals surface area contributed by atoms with E-state index in [4.69, 9.17) is 14.2 Å². The minimum atomic E-state index is -0.635. The summed E-state index contributed by atoms with van der Waals surface area (Å²) in [6, 6.07) is 10.6. The highest BCUT2D eigenvalue weighted by molar-refractivity contribution is 5.21. The van der Waals surface area contributed by atoms with Gasteiger partial charge in [0.05, 0.1) is 13.2 Å². The molecule has 0 spiro atoms. The lowest BCUT2D eigenvalue weighted by molar-refractivity contribution is -0.281. The summed E-state index contributed by atoms with van der Waals surface area (Å²) in [5, 5.41) is 0. The molecule has 0 saturated carbocycles. The van der Waals surface area contributed by atoms with Crippen molar-refractivity contribution in [1.29, 1.82) is 0 Å². The fourth-order valence-electron chi connectivity index (χ4n) is 4.24. The highest BCUT2D eigenvalue weighted by Gasteiger charge is 2.43. The molecular weight excluding hydrogens is 336 g/mol. The SMILES string of the molecule is CCCCCCCCC(CC1COC1)C(OCC)(OCC)c1ccccc1. The largest absolute Gasteiger partial charge is 0.381 e. The molecule has 0 bridgehead atoms. The Hall–Kier alpha value is -0.900. The minimum absolute atomic E-state index is 0.361. The molecule has 1 aliphatic heterocycles. The fourth-order valence-corrected chi connectivity index (χ4v) is 4.24. The van der Waals surface area contributed by atoms with Gasteiger partial charge in [-0.25, -0.2) is 0 Å². The smallest absolute Gasteiger partial charge is 0.197 e. The van der Waals surface area contributed by atoms with Gasteiger partial charge < -0.3 is 14.2 Å². The monoisotopic (exact) mass is 376 g/mol. The van der Waals surface area contributed by atoms with E-state index in [2.05, 4.69) is 51.1 Å². The van der Waals surface area contributed by atoms with E-state index in [0.29, 0.717) is 25.0 Å². The van der Waals surface area contributed by atoms with Crippen LogP contribution in [0.15, 0.2) is 30.3 Å². The molecule has 1 aliphatic rings. The maximum Gasteiger partial charge on any atom is 0.197 e. The third kappa shape index (κ3) is 6.58. The number of benzene rings is 1. The van der Waals surface area contributed by atoms with Crippen LogP contribution >= 0.6 is 0 Å². The van der Waals surface area contributed by atoms with Gasteiger partial charge in [-0.1, -0.05) is 75.8 Å². The van der Waals surface area contributed by atoms with Crippen molar-refractivity contribution in [2.24, 2.45) is 11.8 Å². The molecule has 0 radical (unpaired) electrons. The normalized spacial score (nSPS) is 16.3. The highest BCUT2D eigenvalue weighted by Crippen LogP contribution is 2.42. The molecule has 27 heavy (non-hydrogen) atoms. The molecule has 1 heterocycles. The molecule has 1 unspecified atom stereocenters. The van der Waals surface area contributed by atoms with E-state index in [9.17, 15) is 0 Å². The second-order valence-corrected chi connectivity index (χ2v) is 7.79. The van der Waals surface area contributed by atoms with Crippen LogP contribution in [0.4, 0.5) is 0 Å². The Bertz CT molecular complexity index is 478. The van der Waals surface area contributed by atoms with Gasteiger partial charge in [-0.05, 0) is 26.7 Å². The number of hydrogen-bond acceptors (Lipinski definition) is 3. The van der Waals surface area contributed by atoms with Crippen molar-refractivity contribution in [3.63, 3.8) is 0 Å². The van der Waals surface area contributed by atoms with Crippen LogP contribution in [0.25, 0.3) is 0 Å². The predicted octanol–water partition coefficient (Wildman–Crippen LogP) is 6.32. The maximum absolute atomic E-state index is 6.42. The molecule has 0 amide bonds. The average Bonchev–Trinajstić information content (AvgIpc) is 2.66. The van der Waals surface area contributed by atoms with Crippen LogP contribution in [0, 0.1) is 11.8 Å². The first-order valence-electron chi connectivity index (χ1n) is 11.2. The number of hydrogen-bond donors (Lipinski definition) is 0. The lowest BCUT2D eigenvalue weighted by atomic mass is 9.80. The number of unbranched alkanes of at least 4 members (excludes halogenated alkanes) is 5. The zero-order valence-electron chi connectivity index (χ0n) is 17.8. The van der Waals surface area contributed by atoms with E-state index in [0.717, 1.165) is 31.6 Å². The van der Waals surface area contributed by atoms with Crippen LogP contribution in [0.2, 0.25) is 0 Å². The summed E-state index contributed by atoms with van der Waals surface area (Å²) in [7, 11) is 0. The van der Waals surface area contributed by atoms with Crippen LogP contribution in [0.1, 0.15) is 77.7 Å². The van der Waals surface area contributed by atoms with Crippen molar-refractivity contribution in [3.05, 3.63) is 35.9 Å². The van der Waals surface area contributed by atoms with E-state index in [1.807, 2.05) is 0 Å². The molecule has 3 nitrogen and oxygen atoms in total. The maximum atomic E-state index is 6.42. The molecule has 1 atom stereocenters. The summed E-state index contributed by atoms with van der Waals surface area (Å²) in [6.45, 7) is 9.50. The number of ether oxygens (including phenoxy) is 3. The Labute approximate surface area is 166 Å². The second-order valence-electron chi connectivity index (χ2n) is 7.79. The van der Waals surface area contributed by atoms with Gasteiger partial charge in [-0.2, -0.15) is 0 Å². The Balaban J connectivity index is 2.14. The first-order valence-corrected chi connectivity index (χ1v) is 11.2. The summed E-state index contributed by atoms with van der Waals surface area (Å²) in [5.41, 5.74) is 1.16. The third-order valence-corrected chi connectivity index (χ3v) is 5.66. The molecule has 0 aromatic heterocycles. The first kappa shape index (κ1) is 22.4. The van der Waals surface area contributed by atoms with Crippen LogP contribution in [-0.2, 0) is 20.0 Å². The van der Waals surface area contributed by atoms with Gasteiger partial charge in [0.2, 0.25) is 0 Å². The quantitative estimate of drug-likeness (QED) is 0.265. The second kappa shape index (κ2) is 12.5. The minimum Gasteiger partial charge on any atom is -0.381 e. The molecule has 2 rings (SSSR count). The molecule has 3 heteroatoms. The average molecular weight is 377 g/mol. The summed E-state index contributed by atoms with van der Waals surface area (Å²) < 4.78 is 18.3. The van der Waals surface area contributed by atoms with Crippen LogP contribution in [0.5, 0.6) is 0 Å². The lowest BCUT2D eigenvalue weighted by Crippen LogP contribution is -2.44. The third-order valence-electron chi connectivity index (χ3n) is 5.66. The summed E-state index contributed by atoms with van der Waals surface area (Å²) in [6.07, 6.45) is 10.2. The zero-order valence-corrected chi connectivity index (χ0v) is 17.8. The van der Waals surface area contributed by atoms with E-state index < -0.39 is 5.79 Å². The van der Waals surface area contributed by atoms with Crippen molar-refractivity contribution in [3.8, 4) is 0 Å². The van der Waals surface area contributed by atoms with E-state index in [1.54, 1.807) is 0 Å². The van der Waals surface area contributed by atoms with Gasteiger partial charge in [-0.15, -0.1) is 0 Å². The Morgan fingerprint density at radius 2 is 1.56 bits per heavy atom. The van der Waals surface area contributed by atoms with Crippen molar-refractivity contribution in [2.45, 2.75) is 77.9 Å². The van der Waals surface area contributed by atoms with Crippen LogP contribution < -0.4 is 0 Å². The van der Waals surface area contributed by atoms with E-state index in [-0.39, 0.29) is 0 Å². The molecular formula is C24H40O3. The number of rotatable bonds is 15. The standard InChI is InChI=1S/C24H40O3/c1-4-7-8-9-10-12-17-23(18-21-19-25-20-21)24(26-5-2,27-6-3)22-15-13-11-14-16-22/h11,13-16,21,23H,4-10,12,17-20H2,1-3H3. The highest BCUT2D eigenvalue weighted by atomic mass is 16.7. The van der Waals surface area contributed by atoms with Gasteiger partial charge in [0.25, 0.3) is 0 Å². The molecule has 1 aromatic rings. The van der Waals surface area contributed by atoms with Crippen LogP contribution in [-0.4, -0.2) is 26.4 Å². The van der Waals surface area contributed by atoms with Crippen molar-refractivity contribution < 1.29 is 14.2 Å².